The van der Waals surface area contributed by atoms with Crippen LogP contribution in [0.2, 0.25) is 0 Å². The van der Waals surface area contributed by atoms with Crippen molar-refractivity contribution in [1.29, 1.82) is 0 Å². The Morgan fingerprint density at radius 3 is 3.40 bits per heavy atom. The van der Waals surface area contributed by atoms with Crippen LogP contribution in [0.5, 0.6) is 0 Å². The summed E-state index contributed by atoms with van der Waals surface area (Å²) in [6.45, 7) is 0. The minimum Gasteiger partial charge on any atom is -0.442 e. The van der Waals surface area contributed by atoms with Crippen molar-refractivity contribution in [2.45, 2.75) is 0 Å². The quantitative estimate of drug-likeness (QED) is 0.582. The van der Waals surface area contributed by atoms with E-state index in [1.807, 2.05) is 0 Å². The van der Waals surface area contributed by atoms with Gasteiger partial charge in [0.2, 0.25) is 5.65 Å². The number of oxazole rings is 1. The molecule has 0 N–H and O–H groups in total. The van der Waals surface area contributed by atoms with Crippen molar-refractivity contribution in [3.8, 4) is 0 Å². The van der Waals surface area contributed by atoms with E-state index in [1.54, 1.807) is 24.1 Å². The Kier molecular flexibility index (Phi) is 0.943. The zero-order chi connectivity index (χ0) is 6.97. The van der Waals surface area contributed by atoms with Crippen molar-refractivity contribution in [2.75, 3.05) is 7.11 Å². The van der Waals surface area contributed by atoms with Gasteiger partial charge in [-0.15, -0.1) is 0 Å². The van der Waals surface area contributed by atoms with E-state index in [9.17, 15) is 0 Å². The van der Waals surface area contributed by atoms with Crippen molar-refractivity contribution in [3.63, 3.8) is 0 Å². The molecule has 2 heterocycles. The van der Waals surface area contributed by atoms with E-state index in [1.165, 1.54) is 6.39 Å². The maximum atomic E-state index is 4.99. The molecule has 0 aliphatic rings. The predicted octanol–water partition coefficient (Wildman–Crippen LogP) is 0.688. The number of aromatic nitrogens is 2. The number of hydrogen-bond donors (Lipinski definition) is 0. The highest BCUT2D eigenvalue weighted by Crippen LogP contribution is 2.10. The van der Waals surface area contributed by atoms with Crippen molar-refractivity contribution in [3.05, 3.63) is 18.7 Å². The van der Waals surface area contributed by atoms with Gasteiger partial charge >= 0.3 is 0 Å². The second-order valence-corrected chi connectivity index (χ2v) is 1.86. The van der Waals surface area contributed by atoms with Crippen LogP contribution >= 0.6 is 0 Å². The number of rotatable bonds is 1. The fourth-order valence-corrected chi connectivity index (χ4v) is 0.882. The third-order valence-corrected chi connectivity index (χ3v) is 1.34. The lowest BCUT2D eigenvalue weighted by molar-refractivity contribution is 0.177. The molecule has 0 spiro atoms. The van der Waals surface area contributed by atoms with Crippen LogP contribution in [0, 0.1) is 0 Å². The van der Waals surface area contributed by atoms with Gasteiger partial charge in [-0.05, 0) is 0 Å². The van der Waals surface area contributed by atoms with Crippen LogP contribution in [0.3, 0.4) is 0 Å². The highest BCUT2D eigenvalue weighted by Gasteiger charge is 2.02. The molecule has 10 heavy (non-hydrogen) atoms. The van der Waals surface area contributed by atoms with Gasteiger partial charge in [0.25, 0.3) is 0 Å². The summed E-state index contributed by atoms with van der Waals surface area (Å²) in [5, 5.41) is 0. The largest absolute Gasteiger partial charge is 0.442 e. The van der Waals surface area contributed by atoms with E-state index in [4.69, 9.17) is 9.25 Å². The lowest BCUT2D eigenvalue weighted by Gasteiger charge is -1.95. The van der Waals surface area contributed by atoms with Crippen molar-refractivity contribution in [1.82, 2.24) is 9.71 Å². The zero-order valence-electron chi connectivity index (χ0n) is 5.44. The highest BCUT2D eigenvalue weighted by atomic mass is 16.6. The normalized spacial score (nSPS) is 10.5. The fraction of sp³-hybridized carbons (Fsp3) is 0.167. The van der Waals surface area contributed by atoms with Crippen LogP contribution in [-0.4, -0.2) is 16.8 Å². The van der Waals surface area contributed by atoms with Gasteiger partial charge < -0.3 is 9.25 Å². The third-order valence-electron chi connectivity index (χ3n) is 1.34. The SMILES string of the molecule is COn1ccc2ocnc21. The maximum absolute atomic E-state index is 4.99. The molecule has 0 saturated heterocycles. The maximum Gasteiger partial charge on any atom is 0.214 e. The topological polar surface area (TPSA) is 40.2 Å². The molecule has 0 saturated carbocycles. The first-order valence-corrected chi connectivity index (χ1v) is 2.87. The van der Waals surface area contributed by atoms with Crippen molar-refractivity contribution >= 4 is 11.2 Å². The molecule has 4 heteroatoms. The molecule has 2 rings (SSSR count). The lowest BCUT2D eigenvalue weighted by Crippen LogP contribution is -2.02. The van der Waals surface area contributed by atoms with Gasteiger partial charge in [-0.2, -0.15) is 9.71 Å². The molecule has 0 bridgehead atoms. The van der Waals surface area contributed by atoms with Crippen LogP contribution in [0.1, 0.15) is 0 Å². The van der Waals surface area contributed by atoms with Crippen LogP contribution in [-0.2, 0) is 0 Å². The molecule has 0 aliphatic carbocycles. The number of fused-ring (bicyclic) bond motifs is 1. The van der Waals surface area contributed by atoms with Crippen LogP contribution in [0.4, 0.5) is 0 Å². The molecule has 0 atom stereocenters. The Labute approximate surface area is 57.0 Å². The Hall–Kier alpha value is -1.45. The van der Waals surface area contributed by atoms with Gasteiger partial charge in [0, 0.05) is 12.3 Å². The van der Waals surface area contributed by atoms with Crippen molar-refractivity contribution < 1.29 is 9.25 Å². The predicted molar refractivity (Wildman–Crippen MR) is 34.5 cm³/mol. The molecular weight excluding hydrogens is 132 g/mol. The van der Waals surface area contributed by atoms with Gasteiger partial charge in [-0.1, -0.05) is 0 Å². The average molecular weight is 138 g/mol. The summed E-state index contributed by atoms with van der Waals surface area (Å²) in [5.74, 6) is 0. The van der Waals surface area contributed by atoms with E-state index in [-0.39, 0.29) is 0 Å². The minimum absolute atomic E-state index is 0.711. The third kappa shape index (κ3) is 0.528. The van der Waals surface area contributed by atoms with Gasteiger partial charge in [-0.25, -0.2) is 0 Å². The summed E-state index contributed by atoms with van der Waals surface area (Å²) in [7, 11) is 1.58. The Bertz CT molecular complexity index is 336. The molecule has 0 amide bonds. The molecule has 0 unspecified atom stereocenters. The van der Waals surface area contributed by atoms with Crippen LogP contribution < -0.4 is 4.84 Å². The number of hydrogen-bond acceptors (Lipinski definition) is 3. The van der Waals surface area contributed by atoms with Gasteiger partial charge in [0.1, 0.15) is 7.11 Å². The summed E-state index contributed by atoms with van der Waals surface area (Å²) in [5.41, 5.74) is 1.45. The summed E-state index contributed by atoms with van der Waals surface area (Å²) in [4.78, 5) is 8.84. The van der Waals surface area contributed by atoms with E-state index in [0.717, 1.165) is 5.58 Å². The van der Waals surface area contributed by atoms with E-state index in [2.05, 4.69) is 4.98 Å². The Morgan fingerprint density at radius 2 is 2.60 bits per heavy atom. The summed E-state index contributed by atoms with van der Waals surface area (Å²) < 4.78 is 6.53. The first-order valence-electron chi connectivity index (χ1n) is 2.87. The monoisotopic (exact) mass is 138 g/mol. The lowest BCUT2D eigenvalue weighted by atomic mass is 10.6. The molecular formula is C6H6N2O2. The molecule has 2 aromatic heterocycles. The molecule has 0 aliphatic heterocycles. The highest BCUT2D eigenvalue weighted by molar-refractivity contribution is 5.68. The number of nitrogens with zero attached hydrogens (tertiary/aromatic N) is 2. The second-order valence-electron chi connectivity index (χ2n) is 1.86. The standard InChI is InChI=1S/C6H6N2O2/c1-9-8-3-2-5-6(8)7-4-10-5/h2-4H,1H3. The Balaban J connectivity index is 2.76. The van der Waals surface area contributed by atoms with Gasteiger partial charge in [0.15, 0.2) is 12.0 Å². The van der Waals surface area contributed by atoms with E-state index in [0.29, 0.717) is 5.65 Å². The Morgan fingerprint density at radius 1 is 1.70 bits per heavy atom. The van der Waals surface area contributed by atoms with Gasteiger partial charge in [-0.3, -0.25) is 0 Å². The van der Waals surface area contributed by atoms with E-state index >= 15 is 0 Å². The van der Waals surface area contributed by atoms with Crippen LogP contribution in [0.15, 0.2) is 23.1 Å². The van der Waals surface area contributed by atoms with Crippen LogP contribution in [0.25, 0.3) is 11.2 Å². The fourth-order valence-electron chi connectivity index (χ4n) is 0.882. The molecule has 4 nitrogen and oxygen atoms in total. The second kappa shape index (κ2) is 1.76. The van der Waals surface area contributed by atoms with Crippen molar-refractivity contribution in [2.24, 2.45) is 0 Å². The van der Waals surface area contributed by atoms with E-state index < -0.39 is 0 Å². The smallest absolute Gasteiger partial charge is 0.214 e. The first kappa shape index (κ1) is 5.34. The van der Waals surface area contributed by atoms with Gasteiger partial charge in [0.05, 0.1) is 0 Å². The summed E-state index contributed by atoms with van der Waals surface area (Å²) in [6, 6.07) is 1.80. The first-order chi connectivity index (χ1) is 4.92. The molecule has 0 fully saturated rings. The molecule has 0 radical (unpaired) electrons. The summed E-state index contributed by atoms with van der Waals surface area (Å²) >= 11 is 0. The summed E-state index contributed by atoms with van der Waals surface area (Å²) in [6.07, 6.45) is 3.14. The molecule has 2 aromatic rings. The minimum atomic E-state index is 0.711. The molecule has 0 aromatic carbocycles. The average Bonchev–Trinajstić information content (AvgIpc) is 2.44. The zero-order valence-corrected chi connectivity index (χ0v) is 5.44. The molecule has 52 valence electrons.